The molecule has 2 aromatic carbocycles. The Bertz CT molecular complexity index is 830. The van der Waals surface area contributed by atoms with Gasteiger partial charge < -0.3 is 21.0 Å². The number of benzene rings is 2. The molecule has 1 heterocycles. The number of aromatic nitrogens is 2. The molecule has 20 heavy (non-hydrogen) atoms. The fourth-order valence-electron chi connectivity index (χ4n) is 1.95. The maximum absolute atomic E-state index is 12.0. The van der Waals surface area contributed by atoms with Crippen LogP contribution in [0.3, 0.4) is 0 Å². The van der Waals surface area contributed by atoms with Crippen molar-refractivity contribution < 1.29 is 4.79 Å². The minimum absolute atomic E-state index is 0.234. The topological polar surface area (TPSA) is 104 Å². The first-order chi connectivity index (χ1) is 9.61. The smallest absolute Gasteiger partial charge is 0.323 e. The second kappa shape index (κ2) is 4.58. The maximum Gasteiger partial charge on any atom is 0.323 e. The number of hydrogen-bond acceptors (Lipinski definition) is 3. The van der Waals surface area contributed by atoms with E-state index >= 15 is 0 Å². The van der Waals surface area contributed by atoms with E-state index in [2.05, 4.69) is 15.3 Å². The summed E-state index contributed by atoms with van der Waals surface area (Å²) in [6.07, 6.45) is 0. The number of imidazole rings is 1. The van der Waals surface area contributed by atoms with Crippen LogP contribution >= 0.6 is 0 Å². The molecule has 100 valence electrons. The van der Waals surface area contributed by atoms with Crippen molar-refractivity contribution in [1.82, 2.24) is 9.97 Å². The first-order valence-electron chi connectivity index (χ1n) is 6.01. The monoisotopic (exact) mass is 268 g/mol. The molecule has 0 saturated carbocycles. The van der Waals surface area contributed by atoms with Gasteiger partial charge >= 0.3 is 5.69 Å². The van der Waals surface area contributed by atoms with E-state index in [4.69, 9.17) is 5.73 Å². The van der Waals surface area contributed by atoms with E-state index in [1.165, 1.54) is 0 Å². The molecule has 0 aliphatic carbocycles. The molecule has 5 N–H and O–H groups in total. The Morgan fingerprint density at radius 3 is 2.45 bits per heavy atom. The van der Waals surface area contributed by atoms with Crippen LogP contribution in [0.5, 0.6) is 0 Å². The van der Waals surface area contributed by atoms with E-state index < -0.39 is 0 Å². The van der Waals surface area contributed by atoms with Crippen LogP contribution in [-0.4, -0.2) is 15.9 Å². The molecule has 0 bridgehead atoms. The zero-order chi connectivity index (χ0) is 14.1. The van der Waals surface area contributed by atoms with E-state index in [9.17, 15) is 9.59 Å². The third-order valence-electron chi connectivity index (χ3n) is 2.95. The fourth-order valence-corrected chi connectivity index (χ4v) is 1.95. The first-order valence-corrected chi connectivity index (χ1v) is 6.01. The number of anilines is 2. The largest absolute Gasteiger partial charge is 0.399 e. The quantitative estimate of drug-likeness (QED) is 0.531. The Morgan fingerprint density at radius 1 is 1.00 bits per heavy atom. The number of carbonyl (C=O) groups is 1. The number of hydrogen-bond donors (Lipinski definition) is 4. The molecular weight excluding hydrogens is 256 g/mol. The standard InChI is InChI=1S/C14H12N4O2/c15-9-3-1-8(2-4-9)13(19)16-10-5-6-11-12(7-10)18-14(20)17-11/h1-7H,15H2,(H,16,19)(H2,17,18,20). The molecule has 0 aliphatic rings. The van der Waals surface area contributed by atoms with Crippen molar-refractivity contribution in [1.29, 1.82) is 0 Å². The van der Waals surface area contributed by atoms with E-state index in [1.54, 1.807) is 42.5 Å². The molecule has 3 aromatic rings. The van der Waals surface area contributed by atoms with Gasteiger partial charge in [-0.15, -0.1) is 0 Å². The van der Waals surface area contributed by atoms with E-state index in [0.29, 0.717) is 28.0 Å². The van der Waals surface area contributed by atoms with Gasteiger partial charge in [-0.3, -0.25) is 4.79 Å². The number of aromatic amines is 2. The highest BCUT2D eigenvalue weighted by Crippen LogP contribution is 2.16. The van der Waals surface area contributed by atoms with Gasteiger partial charge in [-0.2, -0.15) is 0 Å². The summed E-state index contributed by atoms with van der Waals surface area (Å²) in [7, 11) is 0. The molecule has 1 amide bonds. The number of carbonyl (C=O) groups excluding carboxylic acids is 1. The summed E-state index contributed by atoms with van der Waals surface area (Å²) in [5, 5.41) is 2.76. The number of nitrogens with one attached hydrogen (secondary N) is 3. The van der Waals surface area contributed by atoms with Crippen molar-refractivity contribution in [2.75, 3.05) is 11.1 Å². The number of amides is 1. The van der Waals surface area contributed by atoms with E-state index in [-0.39, 0.29) is 11.6 Å². The van der Waals surface area contributed by atoms with Gasteiger partial charge in [0.15, 0.2) is 0 Å². The van der Waals surface area contributed by atoms with E-state index in [0.717, 1.165) is 0 Å². The fraction of sp³-hybridized carbons (Fsp3) is 0. The molecule has 0 spiro atoms. The van der Waals surface area contributed by atoms with Crippen LogP contribution in [0.25, 0.3) is 11.0 Å². The molecule has 0 fully saturated rings. The average Bonchev–Trinajstić information content (AvgIpc) is 2.78. The summed E-state index contributed by atoms with van der Waals surface area (Å²) in [4.78, 5) is 28.5. The van der Waals surface area contributed by atoms with E-state index in [1.807, 2.05) is 0 Å². The minimum atomic E-state index is -0.276. The Morgan fingerprint density at radius 2 is 1.70 bits per heavy atom. The number of fused-ring (bicyclic) bond motifs is 1. The lowest BCUT2D eigenvalue weighted by Crippen LogP contribution is -2.11. The predicted octanol–water partition coefficient (Wildman–Crippen LogP) is 1.69. The Labute approximate surface area is 113 Å². The van der Waals surface area contributed by atoms with Gasteiger partial charge in [0.1, 0.15) is 0 Å². The Hall–Kier alpha value is -3.02. The first kappa shape index (κ1) is 12.0. The molecule has 6 nitrogen and oxygen atoms in total. The second-order valence-electron chi connectivity index (χ2n) is 4.42. The second-order valence-corrected chi connectivity index (χ2v) is 4.42. The highest BCUT2D eigenvalue weighted by Gasteiger charge is 2.07. The molecule has 0 aliphatic heterocycles. The summed E-state index contributed by atoms with van der Waals surface area (Å²) < 4.78 is 0. The molecule has 0 saturated heterocycles. The molecule has 1 aromatic heterocycles. The number of H-pyrrole nitrogens is 2. The van der Waals surface area contributed by atoms with Crippen LogP contribution in [0.2, 0.25) is 0 Å². The summed E-state index contributed by atoms with van der Waals surface area (Å²) in [5.74, 6) is -0.234. The van der Waals surface area contributed by atoms with Crippen LogP contribution in [0.15, 0.2) is 47.3 Å². The Balaban J connectivity index is 1.86. The van der Waals surface area contributed by atoms with Crippen molar-refractivity contribution in [2.45, 2.75) is 0 Å². The summed E-state index contributed by atoms with van der Waals surface area (Å²) in [6.45, 7) is 0. The molecule has 0 atom stereocenters. The number of nitrogens with two attached hydrogens (primary N) is 1. The summed E-state index contributed by atoms with van der Waals surface area (Å²) in [6, 6.07) is 11.8. The van der Waals surface area contributed by atoms with Gasteiger partial charge in [0.25, 0.3) is 5.91 Å². The van der Waals surface area contributed by atoms with Crippen molar-refractivity contribution >= 4 is 28.3 Å². The average molecular weight is 268 g/mol. The van der Waals surface area contributed by atoms with Crippen LogP contribution in [0.1, 0.15) is 10.4 Å². The SMILES string of the molecule is Nc1ccc(C(=O)Nc2ccc3[nH]c(=O)[nH]c3c2)cc1. The molecule has 0 unspecified atom stereocenters. The highest BCUT2D eigenvalue weighted by molar-refractivity contribution is 6.05. The Kier molecular flexibility index (Phi) is 2.76. The highest BCUT2D eigenvalue weighted by atomic mass is 16.2. The van der Waals surface area contributed by atoms with Crippen LogP contribution in [0, 0.1) is 0 Å². The van der Waals surface area contributed by atoms with Crippen LogP contribution in [0.4, 0.5) is 11.4 Å². The van der Waals surface area contributed by atoms with Crippen molar-refractivity contribution in [3.8, 4) is 0 Å². The van der Waals surface area contributed by atoms with Crippen molar-refractivity contribution in [3.05, 3.63) is 58.5 Å². The van der Waals surface area contributed by atoms with Crippen LogP contribution < -0.4 is 16.7 Å². The minimum Gasteiger partial charge on any atom is -0.399 e. The number of nitrogen functional groups attached to an aromatic ring is 1. The van der Waals surface area contributed by atoms with Gasteiger partial charge in [-0.05, 0) is 42.5 Å². The van der Waals surface area contributed by atoms with Gasteiger partial charge in [0.05, 0.1) is 11.0 Å². The molecule has 6 heteroatoms. The number of rotatable bonds is 2. The summed E-state index contributed by atoms with van der Waals surface area (Å²) in [5.41, 5.74) is 8.36. The zero-order valence-electron chi connectivity index (χ0n) is 10.4. The lowest BCUT2D eigenvalue weighted by Gasteiger charge is -2.05. The molecular formula is C14H12N4O2. The van der Waals surface area contributed by atoms with Crippen LogP contribution in [-0.2, 0) is 0 Å². The lowest BCUT2D eigenvalue weighted by molar-refractivity contribution is 0.102. The normalized spacial score (nSPS) is 10.6. The summed E-state index contributed by atoms with van der Waals surface area (Å²) >= 11 is 0. The molecule has 3 rings (SSSR count). The van der Waals surface area contributed by atoms with Crippen molar-refractivity contribution in [3.63, 3.8) is 0 Å². The van der Waals surface area contributed by atoms with Gasteiger partial charge in [-0.1, -0.05) is 0 Å². The van der Waals surface area contributed by atoms with Gasteiger partial charge in [-0.25, -0.2) is 4.79 Å². The van der Waals surface area contributed by atoms with Gasteiger partial charge in [0.2, 0.25) is 0 Å². The zero-order valence-corrected chi connectivity index (χ0v) is 10.4. The lowest BCUT2D eigenvalue weighted by atomic mass is 10.2. The molecule has 0 radical (unpaired) electrons. The van der Waals surface area contributed by atoms with Crippen molar-refractivity contribution in [2.24, 2.45) is 0 Å². The predicted molar refractivity (Wildman–Crippen MR) is 77.7 cm³/mol. The third-order valence-corrected chi connectivity index (χ3v) is 2.95. The van der Waals surface area contributed by atoms with Gasteiger partial charge in [0, 0.05) is 16.9 Å². The third kappa shape index (κ3) is 2.26. The maximum atomic E-state index is 12.0.